The molecular formula is C30H40N2O4. The number of anilines is 2. The van der Waals surface area contributed by atoms with Crippen LogP contribution in [-0.2, 0) is 9.59 Å². The molecule has 0 aromatic heterocycles. The molecule has 36 heavy (non-hydrogen) atoms. The summed E-state index contributed by atoms with van der Waals surface area (Å²) in [5, 5.41) is 3.10. The van der Waals surface area contributed by atoms with E-state index in [4.69, 9.17) is 9.47 Å². The maximum absolute atomic E-state index is 13.0. The van der Waals surface area contributed by atoms with E-state index in [1.807, 2.05) is 49.4 Å². The molecule has 0 atom stereocenters. The number of carbonyl (C=O) groups is 2. The predicted molar refractivity (Wildman–Crippen MR) is 144 cm³/mol. The van der Waals surface area contributed by atoms with Crippen molar-refractivity contribution >= 4 is 23.2 Å². The highest BCUT2D eigenvalue weighted by Gasteiger charge is 2.28. The van der Waals surface area contributed by atoms with E-state index in [0.717, 1.165) is 67.1 Å². The molecule has 1 saturated carbocycles. The topological polar surface area (TPSA) is 67.9 Å². The summed E-state index contributed by atoms with van der Waals surface area (Å²) in [6.07, 6.45) is 9.68. The molecule has 6 heteroatoms. The van der Waals surface area contributed by atoms with E-state index < -0.39 is 0 Å². The van der Waals surface area contributed by atoms with Gasteiger partial charge in [0.25, 0.3) is 5.91 Å². The number of nitrogens with zero attached hydrogens (tertiary/aromatic N) is 1. The standard InChI is InChI=1S/C30H40N2O4/c1-3-4-10-23-12-14-24(15-13-23)30(34)31-25-16-17-28-26(20-25)32(29(33)21-36-28)18-7-8-19-35-27-11-6-5-9-22(27)2/h5-6,9,11,16-17,20,23-24H,3-4,7-8,10,12-15,18-19,21H2,1-2H3,(H,31,34). The van der Waals surface area contributed by atoms with Gasteiger partial charge in [-0.3, -0.25) is 9.59 Å². The van der Waals surface area contributed by atoms with Crippen LogP contribution in [0, 0.1) is 18.8 Å². The minimum absolute atomic E-state index is 0.0414. The molecule has 2 amide bonds. The Labute approximate surface area is 215 Å². The number of aryl methyl sites for hydroxylation is 1. The minimum Gasteiger partial charge on any atom is -0.493 e. The lowest BCUT2D eigenvalue weighted by Crippen LogP contribution is -2.39. The van der Waals surface area contributed by atoms with Gasteiger partial charge in [0.2, 0.25) is 5.91 Å². The van der Waals surface area contributed by atoms with Crippen LogP contribution in [-0.4, -0.2) is 31.6 Å². The summed E-state index contributed by atoms with van der Waals surface area (Å²) in [5.41, 5.74) is 2.57. The van der Waals surface area contributed by atoms with Gasteiger partial charge in [-0.2, -0.15) is 0 Å². The summed E-state index contributed by atoms with van der Waals surface area (Å²) < 4.78 is 11.5. The Morgan fingerprint density at radius 1 is 1.08 bits per heavy atom. The molecule has 0 unspecified atom stereocenters. The van der Waals surface area contributed by atoms with E-state index in [1.165, 1.54) is 19.3 Å². The normalized spacial score (nSPS) is 19.4. The highest BCUT2D eigenvalue weighted by molar-refractivity contribution is 5.99. The molecule has 2 aromatic carbocycles. The van der Waals surface area contributed by atoms with E-state index in [9.17, 15) is 9.59 Å². The van der Waals surface area contributed by atoms with E-state index in [2.05, 4.69) is 12.2 Å². The van der Waals surface area contributed by atoms with Crippen LogP contribution in [0.3, 0.4) is 0 Å². The second-order valence-corrected chi connectivity index (χ2v) is 10.2. The van der Waals surface area contributed by atoms with Gasteiger partial charge < -0.3 is 19.7 Å². The number of benzene rings is 2. The van der Waals surface area contributed by atoms with Crippen LogP contribution in [0.1, 0.15) is 70.3 Å². The first-order chi connectivity index (χ1) is 17.5. The number of fused-ring (bicyclic) bond motifs is 1. The van der Waals surface area contributed by atoms with E-state index in [0.29, 0.717) is 18.9 Å². The van der Waals surface area contributed by atoms with Gasteiger partial charge in [-0.05, 0) is 81.2 Å². The van der Waals surface area contributed by atoms with Gasteiger partial charge in [0.15, 0.2) is 6.61 Å². The first kappa shape index (κ1) is 26.1. The molecule has 6 nitrogen and oxygen atoms in total. The molecule has 4 rings (SSSR count). The zero-order chi connectivity index (χ0) is 25.3. The fourth-order valence-corrected chi connectivity index (χ4v) is 5.25. The lowest BCUT2D eigenvalue weighted by atomic mass is 9.79. The van der Waals surface area contributed by atoms with Gasteiger partial charge in [-0.25, -0.2) is 0 Å². The van der Waals surface area contributed by atoms with Gasteiger partial charge in [0, 0.05) is 18.2 Å². The van der Waals surface area contributed by atoms with Gasteiger partial charge in [0.1, 0.15) is 11.5 Å². The van der Waals surface area contributed by atoms with Gasteiger partial charge in [-0.1, -0.05) is 44.4 Å². The number of ether oxygens (including phenoxy) is 2. The molecule has 2 aromatic rings. The lowest BCUT2D eigenvalue weighted by molar-refractivity contribution is -0.121. The predicted octanol–water partition coefficient (Wildman–Crippen LogP) is 6.51. The fourth-order valence-electron chi connectivity index (χ4n) is 5.25. The third-order valence-electron chi connectivity index (χ3n) is 7.48. The SMILES string of the molecule is CCCCC1CCC(C(=O)Nc2ccc3c(c2)N(CCCCOc2ccccc2C)C(=O)CO3)CC1. The Kier molecular flexibility index (Phi) is 9.26. The third kappa shape index (κ3) is 6.80. The van der Waals surface area contributed by atoms with Crippen molar-refractivity contribution in [3.8, 4) is 11.5 Å². The molecule has 0 bridgehead atoms. The van der Waals surface area contributed by atoms with Crippen molar-refractivity contribution < 1.29 is 19.1 Å². The van der Waals surface area contributed by atoms with E-state index in [1.54, 1.807) is 4.90 Å². The monoisotopic (exact) mass is 492 g/mol. The number of carbonyl (C=O) groups excluding carboxylic acids is 2. The van der Waals surface area contributed by atoms with Crippen LogP contribution in [0.5, 0.6) is 11.5 Å². The van der Waals surface area contributed by atoms with Gasteiger partial charge in [-0.15, -0.1) is 0 Å². The van der Waals surface area contributed by atoms with Gasteiger partial charge >= 0.3 is 0 Å². The van der Waals surface area contributed by atoms with Crippen molar-refractivity contribution in [2.45, 2.75) is 71.6 Å². The first-order valence-electron chi connectivity index (χ1n) is 13.6. The van der Waals surface area contributed by atoms with Crippen LogP contribution >= 0.6 is 0 Å². The zero-order valence-corrected chi connectivity index (χ0v) is 21.8. The average molecular weight is 493 g/mol. The molecule has 1 aliphatic carbocycles. The second-order valence-electron chi connectivity index (χ2n) is 10.2. The van der Waals surface area contributed by atoms with Crippen LogP contribution in [0.25, 0.3) is 0 Å². The summed E-state index contributed by atoms with van der Waals surface area (Å²) in [6, 6.07) is 13.6. The minimum atomic E-state index is -0.0591. The number of para-hydroxylation sites is 1. The molecule has 0 saturated heterocycles. The molecule has 1 fully saturated rings. The maximum atomic E-state index is 13.0. The molecule has 1 N–H and O–H groups in total. The van der Waals surface area contributed by atoms with Crippen LogP contribution in [0.4, 0.5) is 11.4 Å². The number of unbranched alkanes of at least 4 members (excludes halogenated alkanes) is 2. The molecule has 194 valence electrons. The van der Waals surface area contributed by atoms with E-state index in [-0.39, 0.29) is 24.3 Å². The Hall–Kier alpha value is -3.02. The molecule has 2 aliphatic rings. The Morgan fingerprint density at radius 2 is 1.89 bits per heavy atom. The van der Waals surface area contributed by atoms with Crippen LogP contribution in [0.2, 0.25) is 0 Å². The van der Waals surface area contributed by atoms with Crippen molar-refractivity contribution in [3.63, 3.8) is 0 Å². The smallest absolute Gasteiger partial charge is 0.265 e. The van der Waals surface area contributed by atoms with Gasteiger partial charge in [0.05, 0.1) is 12.3 Å². The fraction of sp³-hybridized carbons (Fsp3) is 0.533. The van der Waals surface area contributed by atoms with Crippen molar-refractivity contribution in [2.75, 3.05) is 30.0 Å². The Balaban J connectivity index is 1.30. The molecule has 0 spiro atoms. The van der Waals surface area contributed by atoms with Crippen LogP contribution < -0.4 is 19.7 Å². The van der Waals surface area contributed by atoms with Crippen LogP contribution in [0.15, 0.2) is 42.5 Å². The Morgan fingerprint density at radius 3 is 2.67 bits per heavy atom. The lowest BCUT2D eigenvalue weighted by Gasteiger charge is -2.30. The maximum Gasteiger partial charge on any atom is 0.265 e. The van der Waals surface area contributed by atoms with Crippen molar-refractivity contribution in [1.82, 2.24) is 0 Å². The highest BCUT2D eigenvalue weighted by Crippen LogP contribution is 2.36. The van der Waals surface area contributed by atoms with Crippen molar-refractivity contribution in [3.05, 3.63) is 48.0 Å². The number of hydrogen-bond donors (Lipinski definition) is 1. The van der Waals surface area contributed by atoms with Crippen molar-refractivity contribution in [2.24, 2.45) is 11.8 Å². The summed E-state index contributed by atoms with van der Waals surface area (Å²) in [5.74, 6) is 2.46. The second kappa shape index (κ2) is 12.8. The first-order valence-corrected chi connectivity index (χ1v) is 13.6. The van der Waals surface area contributed by atoms with Crippen molar-refractivity contribution in [1.29, 1.82) is 0 Å². The summed E-state index contributed by atoms with van der Waals surface area (Å²) in [6.45, 7) is 5.50. The zero-order valence-electron chi connectivity index (χ0n) is 21.8. The molecular weight excluding hydrogens is 452 g/mol. The molecule has 1 aliphatic heterocycles. The quantitative estimate of drug-likeness (QED) is 0.363. The largest absolute Gasteiger partial charge is 0.493 e. The number of amides is 2. The Bertz CT molecular complexity index is 1030. The summed E-state index contributed by atoms with van der Waals surface area (Å²) >= 11 is 0. The molecule has 1 heterocycles. The summed E-state index contributed by atoms with van der Waals surface area (Å²) in [7, 11) is 0. The third-order valence-corrected chi connectivity index (χ3v) is 7.48. The number of nitrogens with one attached hydrogen (secondary N) is 1. The highest BCUT2D eigenvalue weighted by atomic mass is 16.5. The number of rotatable bonds is 11. The van der Waals surface area contributed by atoms with E-state index >= 15 is 0 Å². The summed E-state index contributed by atoms with van der Waals surface area (Å²) in [4.78, 5) is 27.4. The molecule has 0 radical (unpaired) electrons. The number of hydrogen-bond acceptors (Lipinski definition) is 4. The average Bonchev–Trinajstić information content (AvgIpc) is 2.89.